The molecule has 8 heteroatoms. The van der Waals surface area contributed by atoms with E-state index in [4.69, 9.17) is 9.47 Å². The normalized spacial score (nSPS) is 11.2. The maximum atomic E-state index is 12.4. The van der Waals surface area contributed by atoms with Gasteiger partial charge in [0.2, 0.25) is 0 Å². The number of amides is 1. The molecule has 8 nitrogen and oxygen atoms in total. The molecule has 1 N–H and O–H groups in total. The Morgan fingerprint density at radius 2 is 1.86 bits per heavy atom. The molecule has 37 heavy (non-hydrogen) atoms. The molecule has 0 atom stereocenters. The largest absolute Gasteiger partial charge is 0.481 e. The Hall–Kier alpha value is -4.98. The molecule has 0 aliphatic carbocycles. The van der Waals surface area contributed by atoms with Crippen molar-refractivity contribution in [1.82, 2.24) is 15.0 Å². The van der Waals surface area contributed by atoms with Crippen LogP contribution in [0, 0.1) is 0 Å². The number of pyridine rings is 1. The zero-order chi connectivity index (χ0) is 25.6. The van der Waals surface area contributed by atoms with Crippen LogP contribution in [0.2, 0.25) is 0 Å². The van der Waals surface area contributed by atoms with Crippen molar-refractivity contribution in [3.63, 3.8) is 0 Å². The molecule has 0 fully saturated rings. The molecule has 0 radical (unpaired) electrons. The number of hydrogen-bond donors (Lipinski definition) is 1. The number of nitrogens with one attached hydrogen (secondary N) is 1. The van der Waals surface area contributed by atoms with E-state index in [1.54, 1.807) is 24.5 Å². The number of carbonyl (C=O) groups excluding carboxylic acids is 2. The third-order valence-electron chi connectivity index (χ3n) is 5.87. The first kappa shape index (κ1) is 23.7. The summed E-state index contributed by atoms with van der Waals surface area (Å²) in [6, 6.07) is 24.6. The van der Waals surface area contributed by atoms with E-state index in [2.05, 4.69) is 20.1 Å². The number of rotatable bonds is 8. The zero-order valence-corrected chi connectivity index (χ0v) is 20.1. The predicted molar refractivity (Wildman–Crippen MR) is 142 cm³/mol. The van der Waals surface area contributed by atoms with Crippen molar-refractivity contribution in [3.8, 4) is 5.75 Å². The summed E-state index contributed by atoms with van der Waals surface area (Å²) in [6.07, 6.45) is 5.26. The molecule has 2 aromatic heterocycles. The third kappa shape index (κ3) is 5.33. The number of carbonyl (C=O) groups is 2. The smallest absolute Gasteiger partial charge is 0.337 e. The minimum atomic E-state index is -0.382. The van der Waals surface area contributed by atoms with Crippen molar-refractivity contribution in [2.24, 2.45) is 5.10 Å². The van der Waals surface area contributed by atoms with Gasteiger partial charge >= 0.3 is 5.97 Å². The molecule has 2 heterocycles. The van der Waals surface area contributed by atoms with Crippen LogP contribution in [0.1, 0.15) is 21.5 Å². The summed E-state index contributed by atoms with van der Waals surface area (Å²) in [5, 5.41) is 6.07. The minimum absolute atomic E-state index is 0.189. The molecule has 0 spiro atoms. The number of aromatic nitrogens is 2. The fraction of sp³-hybridized carbons (Fsp3) is 0.103. The number of methoxy groups -OCH3 is 1. The van der Waals surface area contributed by atoms with Crippen molar-refractivity contribution in [1.29, 1.82) is 0 Å². The van der Waals surface area contributed by atoms with E-state index in [1.807, 2.05) is 72.9 Å². The predicted octanol–water partition coefficient (Wildman–Crippen LogP) is 4.55. The highest BCUT2D eigenvalue weighted by atomic mass is 16.5. The fourth-order valence-electron chi connectivity index (χ4n) is 4.16. The molecule has 3 aromatic carbocycles. The number of ether oxygens (including phenoxy) is 2. The Morgan fingerprint density at radius 1 is 1.03 bits per heavy atom. The van der Waals surface area contributed by atoms with Crippen LogP contribution in [-0.4, -0.2) is 41.4 Å². The summed E-state index contributed by atoms with van der Waals surface area (Å²) in [6.45, 7) is 0.365. The summed E-state index contributed by atoms with van der Waals surface area (Å²) in [7, 11) is 1.37. The summed E-state index contributed by atoms with van der Waals surface area (Å²) >= 11 is 0. The van der Waals surface area contributed by atoms with Crippen LogP contribution in [0.3, 0.4) is 0 Å². The Labute approximate surface area is 213 Å². The number of hydrogen-bond acceptors (Lipinski definition) is 6. The molecule has 0 unspecified atom stereocenters. The van der Waals surface area contributed by atoms with Crippen molar-refractivity contribution in [2.75, 3.05) is 13.7 Å². The van der Waals surface area contributed by atoms with Crippen LogP contribution >= 0.6 is 0 Å². The van der Waals surface area contributed by atoms with E-state index in [9.17, 15) is 9.59 Å². The van der Waals surface area contributed by atoms with Crippen molar-refractivity contribution >= 4 is 39.9 Å². The number of nitrogens with zero attached hydrogens (tertiary/aromatic N) is 3. The average molecular weight is 493 g/mol. The Kier molecular flexibility index (Phi) is 6.89. The van der Waals surface area contributed by atoms with Crippen LogP contribution in [-0.2, 0) is 16.1 Å². The van der Waals surface area contributed by atoms with Crippen molar-refractivity contribution in [2.45, 2.75) is 6.54 Å². The first-order valence-electron chi connectivity index (χ1n) is 11.7. The molecule has 5 aromatic rings. The second-order valence-electron chi connectivity index (χ2n) is 8.33. The third-order valence-corrected chi connectivity index (χ3v) is 5.87. The van der Waals surface area contributed by atoms with E-state index >= 15 is 0 Å². The van der Waals surface area contributed by atoms with E-state index in [0.717, 1.165) is 27.4 Å². The number of hydrazone groups is 1. The maximum Gasteiger partial charge on any atom is 0.337 e. The first-order chi connectivity index (χ1) is 18.1. The number of para-hydroxylation sites is 2. The van der Waals surface area contributed by atoms with E-state index in [-0.39, 0.29) is 18.5 Å². The Morgan fingerprint density at radius 3 is 2.76 bits per heavy atom. The lowest BCUT2D eigenvalue weighted by Gasteiger charge is -2.07. The second kappa shape index (κ2) is 10.7. The highest BCUT2D eigenvalue weighted by molar-refractivity contribution is 5.99. The fourth-order valence-corrected chi connectivity index (χ4v) is 4.16. The molecule has 5 rings (SSSR count). The Bertz CT molecular complexity index is 1620. The highest BCUT2D eigenvalue weighted by Gasteiger charge is 2.10. The molecule has 0 aliphatic rings. The van der Waals surface area contributed by atoms with Gasteiger partial charge in [0.1, 0.15) is 11.3 Å². The quantitative estimate of drug-likeness (QED) is 0.195. The Balaban J connectivity index is 1.28. The molecule has 0 aliphatic heterocycles. The van der Waals surface area contributed by atoms with Gasteiger partial charge in [-0.05, 0) is 35.9 Å². The van der Waals surface area contributed by atoms with Gasteiger partial charge in [-0.15, -0.1) is 0 Å². The van der Waals surface area contributed by atoms with Gasteiger partial charge in [-0.25, -0.2) is 10.2 Å². The van der Waals surface area contributed by atoms with Gasteiger partial charge in [0.25, 0.3) is 5.91 Å². The molecular formula is C29H24N4O4. The van der Waals surface area contributed by atoms with Crippen LogP contribution in [0.15, 0.2) is 96.4 Å². The lowest BCUT2D eigenvalue weighted by Crippen LogP contribution is -2.24. The molecule has 0 saturated carbocycles. The summed E-state index contributed by atoms with van der Waals surface area (Å²) in [5.41, 5.74) is 6.54. The molecule has 1 amide bonds. The van der Waals surface area contributed by atoms with E-state index in [1.165, 1.54) is 7.11 Å². The topological polar surface area (TPSA) is 94.8 Å². The highest BCUT2D eigenvalue weighted by Crippen LogP contribution is 2.23. The number of fused-ring (bicyclic) bond motifs is 2. The van der Waals surface area contributed by atoms with Gasteiger partial charge in [-0.3, -0.25) is 9.78 Å². The zero-order valence-electron chi connectivity index (χ0n) is 20.1. The second-order valence-corrected chi connectivity index (χ2v) is 8.33. The maximum absolute atomic E-state index is 12.4. The van der Waals surface area contributed by atoms with Gasteiger partial charge in [0, 0.05) is 40.8 Å². The van der Waals surface area contributed by atoms with Gasteiger partial charge in [0.15, 0.2) is 6.61 Å². The lowest BCUT2D eigenvalue weighted by atomic mass is 10.1. The summed E-state index contributed by atoms with van der Waals surface area (Å²) < 4.78 is 12.6. The van der Waals surface area contributed by atoms with Crippen molar-refractivity contribution in [3.05, 3.63) is 108 Å². The molecule has 0 bridgehead atoms. The summed E-state index contributed by atoms with van der Waals surface area (Å²) in [4.78, 5) is 28.6. The van der Waals surface area contributed by atoms with Gasteiger partial charge in [0.05, 0.1) is 18.9 Å². The van der Waals surface area contributed by atoms with Crippen LogP contribution < -0.4 is 10.2 Å². The number of esters is 1. The molecule has 184 valence electrons. The molecular weight excluding hydrogens is 468 g/mol. The number of benzene rings is 3. The molecule has 0 saturated heterocycles. The monoisotopic (exact) mass is 492 g/mol. The SMILES string of the molecule is COC(=O)c1cccc(Cn2cc(/C=N\NC(=O)COc3cccc4cccnc34)c3ccccc32)c1. The van der Waals surface area contributed by atoms with Crippen LogP contribution in [0.25, 0.3) is 21.8 Å². The standard InChI is InChI=1S/C29H24N4O4/c1-36-29(35)22-9-4-7-20(15-22)17-33-18-23(24-11-2-3-12-25(24)33)16-31-32-27(34)19-37-26-13-5-8-21-10-6-14-30-28(21)26/h2-16,18H,17,19H2,1H3,(H,32,34)/b31-16-. The minimum Gasteiger partial charge on any atom is -0.481 e. The van der Waals surface area contributed by atoms with E-state index in [0.29, 0.717) is 23.4 Å². The van der Waals surface area contributed by atoms with Crippen molar-refractivity contribution < 1.29 is 19.1 Å². The van der Waals surface area contributed by atoms with Gasteiger partial charge < -0.3 is 14.0 Å². The average Bonchev–Trinajstić information content (AvgIpc) is 3.28. The lowest BCUT2D eigenvalue weighted by molar-refractivity contribution is -0.123. The van der Waals surface area contributed by atoms with Gasteiger partial charge in [-0.2, -0.15) is 5.10 Å². The van der Waals surface area contributed by atoms with Crippen LogP contribution in [0.4, 0.5) is 0 Å². The van der Waals surface area contributed by atoms with Crippen LogP contribution in [0.5, 0.6) is 5.75 Å². The first-order valence-corrected chi connectivity index (χ1v) is 11.7. The van der Waals surface area contributed by atoms with Gasteiger partial charge in [-0.1, -0.05) is 48.5 Å². The summed E-state index contributed by atoms with van der Waals surface area (Å²) in [5.74, 6) is -0.215. The van der Waals surface area contributed by atoms with E-state index < -0.39 is 0 Å².